The second kappa shape index (κ2) is 7.14. The van der Waals surface area contributed by atoms with E-state index in [0.29, 0.717) is 16.8 Å². The largest absolute Gasteiger partial charge is 0.268 e. The molecule has 0 spiro atoms. The highest BCUT2D eigenvalue weighted by Gasteiger charge is 2.36. The molecule has 0 unspecified atom stereocenters. The van der Waals surface area contributed by atoms with E-state index in [1.807, 2.05) is 42.5 Å². The van der Waals surface area contributed by atoms with Crippen LogP contribution < -0.4 is 4.90 Å². The highest BCUT2D eigenvalue weighted by atomic mass is 32.2. The Morgan fingerprint density at radius 1 is 0.808 bits per heavy atom. The summed E-state index contributed by atoms with van der Waals surface area (Å²) >= 11 is 1.73. The van der Waals surface area contributed by atoms with Crippen molar-refractivity contribution >= 4 is 29.3 Å². The van der Waals surface area contributed by atoms with Crippen LogP contribution in [-0.4, -0.2) is 22.6 Å². The molecule has 2 amide bonds. The van der Waals surface area contributed by atoms with E-state index in [2.05, 4.69) is 4.98 Å². The minimum absolute atomic E-state index is 0.263. The number of anilines is 1. The molecule has 2 aromatic carbocycles. The maximum absolute atomic E-state index is 12.5. The first-order chi connectivity index (χ1) is 12.7. The van der Waals surface area contributed by atoms with E-state index >= 15 is 0 Å². The van der Waals surface area contributed by atoms with Gasteiger partial charge in [-0.05, 0) is 55.0 Å². The molecule has 26 heavy (non-hydrogen) atoms. The molecule has 1 aliphatic rings. The van der Waals surface area contributed by atoms with E-state index in [1.54, 1.807) is 42.2 Å². The zero-order valence-electron chi connectivity index (χ0n) is 14.0. The highest BCUT2D eigenvalue weighted by molar-refractivity contribution is 7.99. The number of rotatable bonds is 5. The number of nitrogens with zero attached hydrogens (tertiary/aromatic N) is 2. The van der Waals surface area contributed by atoms with Crippen LogP contribution in [-0.2, 0) is 6.42 Å². The van der Waals surface area contributed by atoms with E-state index in [9.17, 15) is 9.59 Å². The minimum atomic E-state index is -0.263. The summed E-state index contributed by atoms with van der Waals surface area (Å²) in [6.07, 6.45) is 2.70. The fraction of sp³-hybridized carbons (Fsp3) is 0.0952. The van der Waals surface area contributed by atoms with Gasteiger partial charge in [0.2, 0.25) is 0 Å². The summed E-state index contributed by atoms with van der Waals surface area (Å²) in [5.41, 5.74) is 2.60. The quantitative estimate of drug-likeness (QED) is 0.505. The van der Waals surface area contributed by atoms with E-state index < -0.39 is 0 Å². The van der Waals surface area contributed by atoms with Crippen molar-refractivity contribution in [3.05, 3.63) is 89.7 Å². The SMILES string of the molecule is O=C1c2ccccc2C(=O)N1c1ccc(SCCc2ccccn2)cc1. The molecule has 4 nitrogen and oxygen atoms in total. The molecule has 3 aromatic rings. The predicted octanol–water partition coefficient (Wildman–Crippen LogP) is 4.22. The molecule has 1 aliphatic heterocycles. The van der Waals surface area contributed by atoms with Gasteiger partial charge in [0.15, 0.2) is 0 Å². The van der Waals surface area contributed by atoms with Gasteiger partial charge < -0.3 is 0 Å². The zero-order chi connectivity index (χ0) is 17.9. The van der Waals surface area contributed by atoms with Crippen molar-refractivity contribution in [2.75, 3.05) is 10.7 Å². The molecule has 0 radical (unpaired) electrons. The van der Waals surface area contributed by atoms with Gasteiger partial charge >= 0.3 is 0 Å². The van der Waals surface area contributed by atoms with E-state index in [1.165, 1.54) is 4.90 Å². The van der Waals surface area contributed by atoms with Crippen LogP contribution in [0.3, 0.4) is 0 Å². The van der Waals surface area contributed by atoms with Gasteiger partial charge in [0.05, 0.1) is 16.8 Å². The van der Waals surface area contributed by atoms with Crippen molar-refractivity contribution in [2.24, 2.45) is 0 Å². The zero-order valence-corrected chi connectivity index (χ0v) is 14.8. The molecule has 0 N–H and O–H groups in total. The molecule has 0 atom stereocenters. The summed E-state index contributed by atoms with van der Waals surface area (Å²) in [6, 6.07) is 20.4. The fourth-order valence-electron chi connectivity index (χ4n) is 2.93. The van der Waals surface area contributed by atoms with Gasteiger partial charge in [0, 0.05) is 22.5 Å². The number of carbonyl (C=O) groups excluding carboxylic acids is 2. The van der Waals surface area contributed by atoms with Gasteiger partial charge in [0.25, 0.3) is 11.8 Å². The third kappa shape index (κ3) is 3.13. The van der Waals surface area contributed by atoms with E-state index in [4.69, 9.17) is 0 Å². The normalized spacial score (nSPS) is 13.2. The van der Waals surface area contributed by atoms with Crippen molar-refractivity contribution in [2.45, 2.75) is 11.3 Å². The average Bonchev–Trinajstić information content (AvgIpc) is 2.94. The number of hydrogen-bond donors (Lipinski definition) is 0. The van der Waals surface area contributed by atoms with Gasteiger partial charge in [-0.1, -0.05) is 18.2 Å². The topological polar surface area (TPSA) is 50.3 Å². The Hall–Kier alpha value is -2.92. The molecule has 0 bridgehead atoms. The first-order valence-electron chi connectivity index (χ1n) is 8.34. The van der Waals surface area contributed by atoms with Gasteiger partial charge in [-0.2, -0.15) is 0 Å². The van der Waals surface area contributed by atoms with Crippen molar-refractivity contribution in [3.8, 4) is 0 Å². The third-order valence-corrected chi connectivity index (χ3v) is 5.26. The lowest BCUT2D eigenvalue weighted by molar-refractivity contribution is 0.0926. The molecule has 4 rings (SSSR count). The molecule has 0 aliphatic carbocycles. The van der Waals surface area contributed by atoms with Gasteiger partial charge in [0.1, 0.15) is 0 Å². The Labute approximate surface area is 155 Å². The maximum Gasteiger partial charge on any atom is 0.266 e. The van der Waals surface area contributed by atoms with Crippen LogP contribution in [0.15, 0.2) is 77.8 Å². The summed E-state index contributed by atoms with van der Waals surface area (Å²) in [7, 11) is 0. The molecule has 0 saturated carbocycles. The Kier molecular flexibility index (Phi) is 4.54. The van der Waals surface area contributed by atoms with Crippen LogP contribution >= 0.6 is 11.8 Å². The van der Waals surface area contributed by atoms with E-state index in [-0.39, 0.29) is 11.8 Å². The first-order valence-corrected chi connectivity index (χ1v) is 9.33. The second-order valence-electron chi connectivity index (χ2n) is 5.90. The number of imide groups is 1. The Balaban J connectivity index is 1.44. The number of carbonyl (C=O) groups is 2. The first kappa shape index (κ1) is 16.5. The fourth-order valence-corrected chi connectivity index (χ4v) is 3.81. The van der Waals surface area contributed by atoms with Gasteiger partial charge in [-0.15, -0.1) is 11.8 Å². The Morgan fingerprint density at radius 3 is 2.08 bits per heavy atom. The summed E-state index contributed by atoms with van der Waals surface area (Å²) in [5, 5.41) is 0. The van der Waals surface area contributed by atoms with Crippen LogP contribution in [0.5, 0.6) is 0 Å². The molecular formula is C21H16N2O2S. The summed E-state index contributed by atoms with van der Waals surface area (Å²) in [4.78, 5) is 31.7. The standard InChI is InChI=1S/C21H16N2O2S/c24-20-18-6-1-2-7-19(18)21(25)23(20)16-8-10-17(11-9-16)26-14-12-15-5-3-4-13-22-15/h1-11,13H,12,14H2. The smallest absolute Gasteiger partial charge is 0.266 e. The number of amides is 2. The predicted molar refractivity (Wildman–Crippen MR) is 103 cm³/mol. The third-order valence-electron chi connectivity index (χ3n) is 4.24. The van der Waals surface area contributed by atoms with Crippen molar-refractivity contribution < 1.29 is 9.59 Å². The molecule has 2 heterocycles. The molecule has 1 aromatic heterocycles. The second-order valence-corrected chi connectivity index (χ2v) is 7.07. The number of pyridine rings is 1. The molecule has 0 saturated heterocycles. The maximum atomic E-state index is 12.5. The average molecular weight is 360 g/mol. The van der Waals surface area contributed by atoms with Crippen molar-refractivity contribution in [1.29, 1.82) is 0 Å². The number of hydrogen-bond acceptors (Lipinski definition) is 4. The van der Waals surface area contributed by atoms with Crippen molar-refractivity contribution in [3.63, 3.8) is 0 Å². The van der Waals surface area contributed by atoms with Crippen LogP contribution in [0, 0.1) is 0 Å². The molecule has 5 heteroatoms. The highest BCUT2D eigenvalue weighted by Crippen LogP contribution is 2.30. The lowest BCUT2D eigenvalue weighted by Gasteiger charge is -2.14. The number of thioether (sulfide) groups is 1. The number of fused-ring (bicyclic) bond motifs is 1. The summed E-state index contributed by atoms with van der Waals surface area (Å²) in [6.45, 7) is 0. The van der Waals surface area contributed by atoms with E-state index in [0.717, 1.165) is 22.8 Å². The molecular weight excluding hydrogens is 344 g/mol. The molecule has 128 valence electrons. The van der Waals surface area contributed by atoms with Crippen LogP contribution in [0.1, 0.15) is 26.4 Å². The van der Waals surface area contributed by atoms with Crippen LogP contribution in [0.2, 0.25) is 0 Å². The lowest BCUT2D eigenvalue weighted by Crippen LogP contribution is -2.29. The lowest BCUT2D eigenvalue weighted by atomic mass is 10.1. The van der Waals surface area contributed by atoms with Crippen molar-refractivity contribution in [1.82, 2.24) is 4.98 Å². The van der Waals surface area contributed by atoms with Crippen LogP contribution in [0.4, 0.5) is 5.69 Å². The monoisotopic (exact) mass is 360 g/mol. The summed E-state index contributed by atoms with van der Waals surface area (Å²) < 4.78 is 0. The number of aryl methyl sites for hydroxylation is 1. The Bertz CT molecular complexity index is 920. The number of aromatic nitrogens is 1. The summed E-state index contributed by atoms with van der Waals surface area (Å²) in [5.74, 6) is 0.394. The van der Waals surface area contributed by atoms with Gasteiger partial charge in [-0.3, -0.25) is 14.6 Å². The van der Waals surface area contributed by atoms with Crippen LogP contribution in [0.25, 0.3) is 0 Å². The number of benzene rings is 2. The minimum Gasteiger partial charge on any atom is -0.268 e. The Morgan fingerprint density at radius 2 is 1.46 bits per heavy atom. The molecule has 0 fully saturated rings. The van der Waals surface area contributed by atoms with Gasteiger partial charge in [-0.25, -0.2) is 4.90 Å².